The van der Waals surface area contributed by atoms with E-state index in [9.17, 15) is 13.2 Å². The molecule has 0 aliphatic carbocycles. The number of nitrogens with two attached hydrogens (primary N) is 1. The van der Waals surface area contributed by atoms with Crippen LogP contribution in [-0.2, 0) is 22.0 Å². The normalized spacial score (nSPS) is 16.6. The molecule has 2 aliphatic heterocycles. The second-order valence-corrected chi connectivity index (χ2v) is 10.7. The molecular formula is C26H28N4O4S. The number of anilines is 1. The third kappa shape index (κ3) is 4.37. The predicted octanol–water partition coefficient (Wildman–Crippen LogP) is 3.22. The van der Waals surface area contributed by atoms with Crippen molar-refractivity contribution in [3.8, 4) is 5.75 Å². The first-order valence-electron chi connectivity index (χ1n) is 11.6. The quantitative estimate of drug-likeness (QED) is 0.565. The van der Waals surface area contributed by atoms with Crippen LogP contribution in [0.25, 0.3) is 0 Å². The molecule has 2 aromatic carbocycles. The number of hydrogen-bond donors (Lipinski definition) is 2. The van der Waals surface area contributed by atoms with Gasteiger partial charge in [0.05, 0.1) is 17.9 Å². The molecule has 2 aliphatic rings. The van der Waals surface area contributed by atoms with Gasteiger partial charge in [0.1, 0.15) is 5.75 Å². The van der Waals surface area contributed by atoms with E-state index in [1.807, 2.05) is 53.4 Å². The number of pyridine rings is 1. The van der Waals surface area contributed by atoms with Crippen LogP contribution in [0, 0.1) is 6.92 Å². The van der Waals surface area contributed by atoms with Crippen molar-refractivity contribution in [3.63, 3.8) is 0 Å². The number of ether oxygens (including phenoxy) is 1. The molecule has 3 N–H and O–H groups in total. The number of carbonyl (C=O) groups excluding carboxylic acids is 1. The molecule has 0 unspecified atom stereocenters. The molecule has 0 radical (unpaired) electrons. The van der Waals surface area contributed by atoms with Crippen LogP contribution in [0.1, 0.15) is 39.9 Å². The highest BCUT2D eigenvalue weighted by molar-refractivity contribution is 7.89. The molecule has 5 rings (SSSR count). The molecule has 182 valence electrons. The lowest BCUT2D eigenvalue weighted by Gasteiger charge is -2.38. The van der Waals surface area contributed by atoms with Gasteiger partial charge >= 0.3 is 0 Å². The van der Waals surface area contributed by atoms with Crippen LogP contribution in [-0.4, -0.2) is 43.9 Å². The summed E-state index contributed by atoms with van der Waals surface area (Å²) in [5, 5.41) is 8.41. The van der Waals surface area contributed by atoms with Crippen LogP contribution < -0.4 is 15.2 Å². The molecule has 0 atom stereocenters. The zero-order chi connectivity index (χ0) is 24.6. The molecule has 1 spiro atoms. The van der Waals surface area contributed by atoms with Gasteiger partial charge in [-0.25, -0.2) is 18.5 Å². The molecule has 0 bridgehead atoms. The lowest BCUT2D eigenvalue weighted by molar-refractivity contribution is 0.0647. The van der Waals surface area contributed by atoms with Gasteiger partial charge < -0.3 is 15.0 Å². The van der Waals surface area contributed by atoms with Gasteiger partial charge in [0.15, 0.2) is 5.03 Å². The van der Waals surface area contributed by atoms with Crippen molar-refractivity contribution >= 4 is 21.6 Å². The number of aromatic nitrogens is 1. The molecule has 1 aromatic heterocycles. The van der Waals surface area contributed by atoms with E-state index in [1.165, 1.54) is 11.8 Å². The highest BCUT2D eigenvalue weighted by Gasteiger charge is 2.44. The maximum absolute atomic E-state index is 13.6. The maximum atomic E-state index is 13.6. The van der Waals surface area contributed by atoms with Crippen molar-refractivity contribution in [2.24, 2.45) is 5.14 Å². The number of benzene rings is 2. The third-order valence-corrected chi connectivity index (χ3v) is 8.01. The van der Waals surface area contributed by atoms with Crippen molar-refractivity contribution in [2.75, 3.05) is 25.0 Å². The van der Waals surface area contributed by atoms with E-state index in [0.717, 1.165) is 24.2 Å². The number of fused-ring (bicyclic) bond motifs is 2. The number of nitrogens with one attached hydrogen (secondary N) is 1. The van der Waals surface area contributed by atoms with Crippen molar-refractivity contribution in [2.45, 2.75) is 36.8 Å². The van der Waals surface area contributed by atoms with E-state index in [0.29, 0.717) is 43.1 Å². The summed E-state index contributed by atoms with van der Waals surface area (Å²) in [6, 6.07) is 17.8. The van der Waals surface area contributed by atoms with Gasteiger partial charge in [0, 0.05) is 42.4 Å². The average molecular weight is 493 g/mol. The summed E-state index contributed by atoms with van der Waals surface area (Å²) in [4.78, 5) is 19.5. The van der Waals surface area contributed by atoms with Crippen molar-refractivity contribution in [1.82, 2.24) is 9.88 Å². The van der Waals surface area contributed by atoms with E-state index >= 15 is 0 Å². The molecule has 1 fully saturated rings. The molecule has 3 heterocycles. The highest BCUT2D eigenvalue weighted by Crippen LogP contribution is 2.45. The van der Waals surface area contributed by atoms with E-state index in [-0.39, 0.29) is 16.3 Å². The van der Waals surface area contributed by atoms with Gasteiger partial charge in [-0.2, -0.15) is 0 Å². The Balaban J connectivity index is 1.41. The van der Waals surface area contributed by atoms with Crippen LogP contribution in [0.15, 0.2) is 65.8 Å². The third-order valence-electron chi connectivity index (χ3n) is 7.06. The molecule has 1 amide bonds. The smallest absolute Gasteiger partial charge is 0.257 e. The van der Waals surface area contributed by atoms with E-state index in [2.05, 4.69) is 16.4 Å². The maximum Gasteiger partial charge on any atom is 0.257 e. The Bertz CT molecular complexity index is 1370. The standard InChI is InChI=1S/C26H28N4O4S/c1-18-23(28-15-19-7-3-2-4-8-19)20(16-29-24(18)35(27,32)33)25(31)30-13-11-26(12-14-30)17-34-22-10-6-5-9-21(22)26/h2-10,16H,11-15,17H2,1H3,(H,28,29)(H2,27,32,33). The number of primary sulfonamides is 1. The number of para-hydroxylation sites is 1. The monoisotopic (exact) mass is 492 g/mol. The van der Waals surface area contributed by atoms with Crippen LogP contribution in [0.5, 0.6) is 5.75 Å². The number of carbonyl (C=O) groups is 1. The fraction of sp³-hybridized carbons (Fsp3) is 0.308. The van der Waals surface area contributed by atoms with Gasteiger partial charge in [-0.1, -0.05) is 48.5 Å². The number of likely N-dealkylation sites (tertiary alicyclic amines) is 1. The average Bonchev–Trinajstić information content (AvgIpc) is 3.21. The zero-order valence-corrected chi connectivity index (χ0v) is 20.3. The van der Waals surface area contributed by atoms with Crippen LogP contribution in [0.2, 0.25) is 0 Å². The number of amides is 1. The highest BCUT2D eigenvalue weighted by atomic mass is 32.2. The van der Waals surface area contributed by atoms with Crippen LogP contribution in [0.4, 0.5) is 5.69 Å². The lowest BCUT2D eigenvalue weighted by Crippen LogP contribution is -2.46. The molecule has 9 heteroatoms. The summed E-state index contributed by atoms with van der Waals surface area (Å²) >= 11 is 0. The summed E-state index contributed by atoms with van der Waals surface area (Å²) in [5.74, 6) is 0.747. The molecule has 3 aromatic rings. The van der Waals surface area contributed by atoms with Crippen LogP contribution in [0.3, 0.4) is 0 Å². The summed E-state index contributed by atoms with van der Waals surface area (Å²) in [6.45, 7) is 3.82. The van der Waals surface area contributed by atoms with Gasteiger partial charge in [-0.3, -0.25) is 4.79 Å². The van der Waals surface area contributed by atoms with E-state index < -0.39 is 10.0 Å². The second kappa shape index (κ2) is 8.98. The first-order valence-corrected chi connectivity index (χ1v) is 13.1. The summed E-state index contributed by atoms with van der Waals surface area (Å²) in [5.41, 5.74) is 3.25. The predicted molar refractivity (Wildman–Crippen MR) is 133 cm³/mol. The minimum absolute atomic E-state index is 0.0760. The Kier molecular flexibility index (Phi) is 5.98. The Hall–Kier alpha value is -3.43. The number of piperidine rings is 1. The van der Waals surface area contributed by atoms with Gasteiger partial charge in [-0.05, 0) is 31.4 Å². The molecule has 0 saturated carbocycles. The lowest BCUT2D eigenvalue weighted by atomic mass is 9.74. The number of rotatable bonds is 5. The summed E-state index contributed by atoms with van der Waals surface area (Å²) in [6.07, 6.45) is 2.91. The molecule has 35 heavy (non-hydrogen) atoms. The minimum atomic E-state index is -4.04. The van der Waals surface area contributed by atoms with Crippen molar-refractivity contribution < 1.29 is 17.9 Å². The number of sulfonamides is 1. The van der Waals surface area contributed by atoms with Gasteiger partial charge in [0.2, 0.25) is 0 Å². The van der Waals surface area contributed by atoms with E-state index in [4.69, 9.17) is 9.88 Å². The fourth-order valence-electron chi connectivity index (χ4n) is 5.10. The number of nitrogens with zero attached hydrogens (tertiary/aromatic N) is 2. The first-order chi connectivity index (χ1) is 16.8. The SMILES string of the molecule is Cc1c(S(N)(=O)=O)ncc(C(=O)N2CCC3(CC2)COc2ccccc23)c1NCc1ccccc1. The van der Waals surface area contributed by atoms with E-state index in [1.54, 1.807) is 6.92 Å². The number of hydrogen-bond acceptors (Lipinski definition) is 6. The Morgan fingerprint density at radius 2 is 1.80 bits per heavy atom. The first kappa shape index (κ1) is 23.3. The second-order valence-electron chi connectivity index (χ2n) is 9.22. The topological polar surface area (TPSA) is 115 Å². The Morgan fingerprint density at radius 3 is 2.51 bits per heavy atom. The van der Waals surface area contributed by atoms with Crippen molar-refractivity contribution in [1.29, 1.82) is 0 Å². The largest absolute Gasteiger partial charge is 0.492 e. The van der Waals surface area contributed by atoms with Gasteiger partial charge in [-0.15, -0.1) is 0 Å². The zero-order valence-electron chi connectivity index (χ0n) is 19.5. The Labute approximate surface area is 205 Å². The minimum Gasteiger partial charge on any atom is -0.492 e. The Morgan fingerprint density at radius 1 is 1.11 bits per heavy atom. The summed E-state index contributed by atoms with van der Waals surface area (Å²) < 4.78 is 30.1. The summed E-state index contributed by atoms with van der Waals surface area (Å²) in [7, 11) is -4.04. The van der Waals surface area contributed by atoms with Gasteiger partial charge in [0.25, 0.3) is 15.9 Å². The fourth-order valence-corrected chi connectivity index (χ4v) is 5.83. The van der Waals surface area contributed by atoms with Crippen LogP contribution >= 0.6 is 0 Å². The molecule has 1 saturated heterocycles. The molecule has 8 nitrogen and oxygen atoms in total. The van der Waals surface area contributed by atoms with Crippen molar-refractivity contribution in [3.05, 3.63) is 83.0 Å². The molecular weight excluding hydrogens is 464 g/mol.